The smallest absolute Gasteiger partial charge is 0.178 e. The second kappa shape index (κ2) is 9.63. The summed E-state index contributed by atoms with van der Waals surface area (Å²) < 4.78 is 13.1. The number of hydrogen-bond acceptors (Lipinski definition) is 4. The second-order valence-electron chi connectivity index (χ2n) is 11.9. The van der Waals surface area contributed by atoms with Crippen molar-refractivity contribution in [3.05, 3.63) is 125 Å². The van der Waals surface area contributed by atoms with Gasteiger partial charge in [0.2, 0.25) is 0 Å². The van der Waals surface area contributed by atoms with Crippen LogP contribution in [0.1, 0.15) is 51.3 Å². The van der Waals surface area contributed by atoms with Gasteiger partial charge >= 0.3 is 0 Å². The van der Waals surface area contributed by atoms with E-state index < -0.39 is 0 Å². The van der Waals surface area contributed by atoms with Gasteiger partial charge in [-0.05, 0) is 95.6 Å². The Labute approximate surface area is 247 Å². The lowest BCUT2D eigenvalue weighted by atomic mass is 9.82. The maximum absolute atomic E-state index is 6.59. The van der Waals surface area contributed by atoms with Gasteiger partial charge in [-0.25, -0.2) is 0 Å². The molecule has 0 bridgehead atoms. The van der Waals surface area contributed by atoms with Crippen molar-refractivity contribution in [2.45, 2.75) is 46.2 Å². The number of benzene rings is 4. The molecule has 4 aromatic rings. The van der Waals surface area contributed by atoms with Gasteiger partial charge in [-0.15, -0.1) is 0 Å². The van der Waals surface area contributed by atoms with Crippen molar-refractivity contribution in [3.8, 4) is 45.3 Å². The third-order valence-electron chi connectivity index (χ3n) is 8.69. The first-order chi connectivity index (χ1) is 20.2. The summed E-state index contributed by atoms with van der Waals surface area (Å²) in [6.07, 6.45) is 4.05. The average Bonchev–Trinajstić information content (AvgIpc) is 3.25. The summed E-state index contributed by atoms with van der Waals surface area (Å²) in [5.74, 6) is 2.98. The number of ether oxygens (including phenoxy) is 2. The van der Waals surface area contributed by atoms with Crippen LogP contribution in [-0.2, 0) is 5.41 Å². The van der Waals surface area contributed by atoms with Gasteiger partial charge in [0.05, 0.1) is 5.71 Å². The molecular weight excluding hydrogens is 516 g/mol. The van der Waals surface area contributed by atoms with Crippen LogP contribution >= 0.6 is 0 Å². The van der Waals surface area contributed by atoms with Gasteiger partial charge in [-0.3, -0.25) is 4.99 Å². The van der Waals surface area contributed by atoms with E-state index >= 15 is 0 Å². The van der Waals surface area contributed by atoms with Crippen LogP contribution in [0.2, 0.25) is 0 Å². The molecule has 2 aliphatic heterocycles. The standard InChI is InChI=1S/C38H34N2O2/c1-7-23(4)30-21-31(40-37(39-30)22(2)3)26-12-10-11-24(19-26)25-15-17-32-34(20-25)41-33-18-16-29-35(36(33)42-32)27-13-8-9-14-28(27)38(29,5)6/h7-21,37,40H,2H2,1,3-6H3/b23-7+. The molecule has 1 unspecified atom stereocenters. The van der Waals surface area contributed by atoms with Gasteiger partial charge in [0.15, 0.2) is 23.0 Å². The van der Waals surface area contributed by atoms with Crippen molar-refractivity contribution in [3.63, 3.8) is 0 Å². The van der Waals surface area contributed by atoms with Crippen LogP contribution in [0.3, 0.4) is 0 Å². The summed E-state index contributed by atoms with van der Waals surface area (Å²) in [4.78, 5) is 4.85. The molecule has 0 spiro atoms. The van der Waals surface area contributed by atoms with Crippen molar-refractivity contribution in [1.29, 1.82) is 0 Å². The number of hydrogen-bond donors (Lipinski definition) is 1. The average molecular weight is 551 g/mol. The molecule has 1 atom stereocenters. The molecule has 4 aromatic carbocycles. The maximum Gasteiger partial charge on any atom is 0.178 e. The first-order valence-electron chi connectivity index (χ1n) is 14.5. The van der Waals surface area contributed by atoms with Gasteiger partial charge in [-0.1, -0.05) is 81.1 Å². The van der Waals surface area contributed by atoms with Crippen LogP contribution in [0.25, 0.3) is 28.0 Å². The molecule has 1 aliphatic carbocycles. The van der Waals surface area contributed by atoms with Crippen molar-refractivity contribution in [2.24, 2.45) is 4.99 Å². The predicted molar refractivity (Wildman–Crippen MR) is 173 cm³/mol. The van der Waals surface area contributed by atoms with E-state index in [-0.39, 0.29) is 11.6 Å². The maximum atomic E-state index is 6.59. The highest BCUT2D eigenvalue weighted by Gasteiger charge is 2.39. The van der Waals surface area contributed by atoms with E-state index in [1.54, 1.807) is 0 Å². The van der Waals surface area contributed by atoms with Gasteiger partial charge in [0, 0.05) is 16.7 Å². The Morgan fingerprint density at radius 2 is 1.60 bits per heavy atom. The highest BCUT2D eigenvalue weighted by atomic mass is 16.6. The van der Waals surface area contributed by atoms with Crippen molar-refractivity contribution < 1.29 is 9.47 Å². The Morgan fingerprint density at radius 3 is 2.40 bits per heavy atom. The summed E-state index contributed by atoms with van der Waals surface area (Å²) >= 11 is 0. The van der Waals surface area contributed by atoms with Crippen LogP contribution in [0.4, 0.5) is 0 Å². The highest BCUT2D eigenvalue weighted by Crippen LogP contribution is 2.58. The van der Waals surface area contributed by atoms with Crippen LogP contribution in [0.5, 0.6) is 23.0 Å². The fraction of sp³-hybridized carbons (Fsp3) is 0.184. The van der Waals surface area contributed by atoms with Crippen LogP contribution in [0, 0.1) is 0 Å². The number of nitrogens with one attached hydrogen (secondary N) is 1. The number of fused-ring (bicyclic) bond motifs is 6. The Bertz CT molecular complexity index is 1890. The zero-order chi connectivity index (χ0) is 29.2. The van der Waals surface area contributed by atoms with Crippen molar-refractivity contribution in [1.82, 2.24) is 5.32 Å². The molecule has 4 heteroatoms. The quantitative estimate of drug-likeness (QED) is 0.227. The van der Waals surface area contributed by atoms with Crippen molar-refractivity contribution in [2.75, 3.05) is 0 Å². The largest absolute Gasteiger partial charge is 0.449 e. The fourth-order valence-corrected chi connectivity index (χ4v) is 6.17. The Hall–Kier alpha value is -4.83. The van der Waals surface area contributed by atoms with E-state index in [1.807, 2.05) is 26.0 Å². The monoisotopic (exact) mass is 550 g/mol. The third kappa shape index (κ3) is 4.09. The lowest BCUT2D eigenvalue weighted by molar-refractivity contribution is 0.360. The predicted octanol–water partition coefficient (Wildman–Crippen LogP) is 9.81. The minimum atomic E-state index is -0.160. The Morgan fingerprint density at radius 1 is 0.833 bits per heavy atom. The fourth-order valence-electron chi connectivity index (χ4n) is 6.17. The Balaban J connectivity index is 1.23. The topological polar surface area (TPSA) is 42.9 Å². The molecule has 42 heavy (non-hydrogen) atoms. The summed E-state index contributed by atoms with van der Waals surface area (Å²) in [6.45, 7) is 14.8. The summed E-state index contributed by atoms with van der Waals surface area (Å²) in [5, 5.41) is 3.55. The molecule has 0 saturated carbocycles. The zero-order valence-corrected chi connectivity index (χ0v) is 24.7. The van der Waals surface area contributed by atoms with E-state index in [9.17, 15) is 0 Å². The summed E-state index contributed by atoms with van der Waals surface area (Å²) in [7, 11) is 0. The van der Waals surface area contributed by atoms with E-state index in [4.69, 9.17) is 14.5 Å². The minimum Gasteiger partial charge on any atom is -0.449 e. The molecule has 3 aliphatic rings. The highest BCUT2D eigenvalue weighted by molar-refractivity contribution is 6.12. The summed E-state index contributed by atoms with van der Waals surface area (Å²) in [6, 6.07) is 27.6. The molecule has 0 aromatic heterocycles. The Kier molecular flexibility index (Phi) is 5.98. The molecule has 208 valence electrons. The SMILES string of the molecule is C=C(C)C1N=C(/C(C)=C/C)C=C(c2cccc(-c3ccc4c(c3)Oc3ccc5c(c3O4)-c3ccccc3C5(C)C)c2)N1. The van der Waals surface area contributed by atoms with Gasteiger partial charge in [0.25, 0.3) is 0 Å². The first kappa shape index (κ1) is 26.1. The third-order valence-corrected chi connectivity index (χ3v) is 8.69. The first-order valence-corrected chi connectivity index (χ1v) is 14.5. The molecule has 0 amide bonds. The van der Waals surface area contributed by atoms with Crippen LogP contribution in [-0.4, -0.2) is 11.9 Å². The van der Waals surface area contributed by atoms with E-state index in [0.29, 0.717) is 5.75 Å². The van der Waals surface area contributed by atoms with Gasteiger partial charge in [0.1, 0.15) is 6.17 Å². The summed E-state index contributed by atoms with van der Waals surface area (Å²) in [5.41, 5.74) is 12.2. The number of rotatable bonds is 4. The molecule has 0 fully saturated rings. The molecular formula is C38H34N2O2. The minimum absolute atomic E-state index is 0.0926. The second-order valence-corrected chi connectivity index (χ2v) is 11.9. The molecule has 0 radical (unpaired) electrons. The van der Waals surface area contributed by atoms with Gasteiger partial charge < -0.3 is 14.8 Å². The molecule has 0 saturated heterocycles. The number of nitrogens with zero attached hydrogens (tertiary/aromatic N) is 1. The number of aliphatic imine (C=N–C) groups is 1. The normalized spacial score (nSPS) is 17.7. The lowest BCUT2D eigenvalue weighted by Gasteiger charge is -2.26. The van der Waals surface area contributed by atoms with Crippen LogP contribution < -0.4 is 14.8 Å². The van der Waals surface area contributed by atoms with E-state index in [0.717, 1.165) is 62.1 Å². The van der Waals surface area contributed by atoms with E-state index in [2.05, 4.69) is 112 Å². The number of allylic oxidation sites excluding steroid dienone is 3. The molecule has 7 rings (SSSR count). The van der Waals surface area contributed by atoms with Gasteiger partial charge in [-0.2, -0.15) is 0 Å². The molecule has 1 N–H and O–H groups in total. The molecule has 2 heterocycles. The van der Waals surface area contributed by atoms with E-state index in [1.165, 1.54) is 16.7 Å². The molecule has 4 nitrogen and oxygen atoms in total. The van der Waals surface area contributed by atoms with Crippen LogP contribution in [0.15, 0.2) is 114 Å². The van der Waals surface area contributed by atoms with Crippen molar-refractivity contribution >= 4 is 11.4 Å². The zero-order valence-electron chi connectivity index (χ0n) is 24.7. The lowest BCUT2D eigenvalue weighted by Crippen LogP contribution is -2.31.